The molecule has 2 aliphatic rings. The van der Waals surface area contributed by atoms with Crippen LogP contribution in [0.4, 0.5) is 11.8 Å². The van der Waals surface area contributed by atoms with Crippen LogP contribution < -0.4 is 10.2 Å². The molecule has 9 nitrogen and oxygen atoms in total. The van der Waals surface area contributed by atoms with Crippen molar-refractivity contribution in [2.45, 2.75) is 39.7 Å². The first-order valence-corrected chi connectivity index (χ1v) is 9.67. The SMILES string of the molecule is Cc1cc(Cc2nc3nc(NC(C)(C)C)nc(N4CC5(COC5)C4)c3[nH]2)n[nH]1. The average molecular weight is 382 g/mol. The molecule has 148 valence electrons. The van der Waals surface area contributed by atoms with Gasteiger partial charge in [0.1, 0.15) is 11.3 Å². The standard InChI is InChI=1S/C19H26N8O/c1-11-5-12(26-25-11)6-13-20-14-15(21-13)22-17(24-18(2,3)4)23-16(14)27-7-19(8-27)9-28-10-19/h5H,6-10H2,1-4H3,(H,25,26)(H2,20,21,22,23,24). The third kappa shape index (κ3) is 3.09. The lowest BCUT2D eigenvalue weighted by Gasteiger charge is -2.55. The molecule has 5 rings (SSSR count). The summed E-state index contributed by atoms with van der Waals surface area (Å²) in [5.74, 6) is 2.35. The van der Waals surface area contributed by atoms with Gasteiger partial charge >= 0.3 is 0 Å². The van der Waals surface area contributed by atoms with Crippen molar-refractivity contribution in [1.82, 2.24) is 30.1 Å². The number of aromatic nitrogens is 6. The summed E-state index contributed by atoms with van der Waals surface area (Å²) in [6, 6.07) is 2.03. The van der Waals surface area contributed by atoms with Gasteiger partial charge in [0.05, 0.1) is 30.7 Å². The van der Waals surface area contributed by atoms with Gasteiger partial charge in [0.2, 0.25) is 5.95 Å². The minimum atomic E-state index is -0.130. The van der Waals surface area contributed by atoms with Gasteiger partial charge in [-0.1, -0.05) is 0 Å². The minimum absolute atomic E-state index is 0.130. The summed E-state index contributed by atoms with van der Waals surface area (Å²) in [7, 11) is 0. The van der Waals surface area contributed by atoms with Gasteiger partial charge in [0, 0.05) is 24.3 Å². The Labute approximate surface area is 163 Å². The summed E-state index contributed by atoms with van der Waals surface area (Å²) < 4.78 is 5.41. The number of aromatic amines is 2. The number of fused-ring (bicyclic) bond motifs is 1. The molecule has 1 spiro atoms. The van der Waals surface area contributed by atoms with Crippen LogP contribution in [-0.4, -0.2) is 62.0 Å². The van der Waals surface area contributed by atoms with Crippen LogP contribution in [0.15, 0.2) is 6.07 Å². The number of rotatable bonds is 4. The van der Waals surface area contributed by atoms with E-state index >= 15 is 0 Å². The minimum Gasteiger partial charge on any atom is -0.380 e. The molecule has 0 bridgehead atoms. The van der Waals surface area contributed by atoms with E-state index in [1.54, 1.807) is 0 Å². The van der Waals surface area contributed by atoms with Gasteiger partial charge in [-0.05, 0) is 33.8 Å². The highest BCUT2D eigenvalue weighted by molar-refractivity contribution is 5.85. The summed E-state index contributed by atoms with van der Waals surface area (Å²) in [6.07, 6.45) is 0.625. The van der Waals surface area contributed by atoms with Crippen LogP contribution >= 0.6 is 0 Å². The van der Waals surface area contributed by atoms with Crippen LogP contribution in [0.1, 0.15) is 38.0 Å². The third-order valence-electron chi connectivity index (χ3n) is 5.14. The molecule has 2 aliphatic heterocycles. The molecule has 0 saturated carbocycles. The normalized spacial score (nSPS) is 18.4. The van der Waals surface area contributed by atoms with Crippen molar-refractivity contribution < 1.29 is 4.74 Å². The topological polar surface area (TPSA) is 108 Å². The van der Waals surface area contributed by atoms with Gasteiger partial charge in [-0.2, -0.15) is 15.1 Å². The Balaban J connectivity index is 1.50. The molecule has 5 heterocycles. The van der Waals surface area contributed by atoms with Crippen molar-refractivity contribution >= 4 is 22.9 Å². The second-order valence-corrected chi connectivity index (χ2v) is 9.20. The molecule has 0 atom stereocenters. The Morgan fingerprint density at radius 3 is 2.61 bits per heavy atom. The van der Waals surface area contributed by atoms with E-state index in [9.17, 15) is 0 Å². The lowest BCUT2D eigenvalue weighted by atomic mass is 9.78. The van der Waals surface area contributed by atoms with Crippen LogP contribution in [0.3, 0.4) is 0 Å². The molecule has 0 aromatic carbocycles. The summed E-state index contributed by atoms with van der Waals surface area (Å²) in [5, 5.41) is 10.7. The van der Waals surface area contributed by atoms with Crippen molar-refractivity contribution in [3.05, 3.63) is 23.3 Å². The Bertz CT molecular complexity index is 1020. The second kappa shape index (κ2) is 5.91. The van der Waals surface area contributed by atoms with Crippen molar-refractivity contribution in [2.24, 2.45) is 5.41 Å². The van der Waals surface area contributed by atoms with Gasteiger partial charge in [-0.15, -0.1) is 0 Å². The fraction of sp³-hybridized carbons (Fsp3) is 0.579. The largest absolute Gasteiger partial charge is 0.380 e. The van der Waals surface area contributed by atoms with Gasteiger partial charge in [0.25, 0.3) is 0 Å². The van der Waals surface area contributed by atoms with E-state index in [1.165, 1.54) is 0 Å². The average Bonchev–Trinajstić information content (AvgIpc) is 3.08. The summed E-state index contributed by atoms with van der Waals surface area (Å²) in [5.41, 5.74) is 3.74. The quantitative estimate of drug-likeness (QED) is 0.633. The molecule has 0 amide bonds. The van der Waals surface area contributed by atoms with Crippen LogP contribution in [0.5, 0.6) is 0 Å². The number of aryl methyl sites for hydroxylation is 1. The lowest BCUT2D eigenvalue weighted by molar-refractivity contribution is -0.127. The Morgan fingerprint density at radius 1 is 1.21 bits per heavy atom. The molecule has 3 aromatic rings. The molecule has 0 radical (unpaired) electrons. The predicted molar refractivity (Wildman–Crippen MR) is 107 cm³/mol. The number of ether oxygens (including phenoxy) is 1. The van der Waals surface area contributed by atoms with Gasteiger partial charge in [-0.25, -0.2) is 4.98 Å². The van der Waals surface area contributed by atoms with E-state index in [4.69, 9.17) is 14.7 Å². The van der Waals surface area contributed by atoms with Crippen molar-refractivity contribution in [2.75, 3.05) is 36.5 Å². The summed E-state index contributed by atoms with van der Waals surface area (Å²) >= 11 is 0. The van der Waals surface area contributed by atoms with Crippen LogP contribution in [-0.2, 0) is 11.2 Å². The zero-order chi connectivity index (χ0) is 19.5. The van der Waals surface area contributed by atoms with Crippen molar-refractivity contribution in [3.8, 4) is 0 Å². The maximum atomic E-state index is 5.41. The van der Waals surface area contributed by atoms with E-state index in [0.717, 1.165) is 54.9 Å². The number of hydrogen-bond acceptors (Lipinski definition) is 7. The first-order valence-electron chi connectivity index (χ1n) is 9.67. The number of H-pyrrole nitrogens is 2. The third-order valence-corrected chi connectivity index (χ3v) is 5.14. The smallest absolute Gasteiger partial charge is 0.227 e. The van der Waals surface area contributed by atoms with E-state index in [2.05, 4.69) is 51.2 Å². The maximum Gasteiger partial charge on any atom is 0.227 e. The highest BCUT2D eigenvalue weighted by atomic mass is 16.5. The van der Waals surface area contributed by atoms with Crippen LogP contribution in [0.25, 0.3) is 11.2 Å². The number of nitrogens with one attached hydrogen (secondary N) is 3. The summed E-state index contributed by atoms with van der Waals surface area (Å²) in [6.45, 7) is 11.9. The number of hydrogen-bond donors (Lipinski definition) is 3. The fourth-order valence-corrected chi connectivity index (χ4v) is 3.86. The number of imidazole rings is 1. The van der Waals surface area contributed by atoms with Gasteiger partial charge in [-0.3, -0.25) is 5.10 Å². The summed E-state index contributed by atoms with van der Waals surface area (Å²) in [4.78, 5) is 19.9. The molecular formula is C19H26N8O. The molecular weight excluding hydrogens is 356 g/mol. The van der Waals surface area contributed by atoms with E-state index in [1.807, 2.05) is 13.0 Å². The van der Waals surface area contributed by atoms with E-state index in [0.29, 0.717) is 23.4 Å². The Hall–Kier alpha value is -2.68. The highest BCUT2D eigenvalue weighted by Crippen LogP contribution is 2.41. The molecule has 0 unspecified atom stereocenters. The molecule has 9 heteroatoms. The van der Waals surface area contributed by atoms with Crippen LogP contribution in [0, 0.1) is 12.3 Å². The molecule has 2 saturated heterocycles. The number of nitrogens with zero attached hydrogens (tertiary/aromatic N) is 5. The van der Waals surface area contributed by atoms with Crippen molar-refractivity contribution in [1.29, 1.82) is 0 Å². The molecule has 3 aromatic heterocycles. The van der Waals surface area contributed by atoms with Gasteiger partial charge < -0.3 is 19.9 Å². The van der Waals surface area contributed by atoms with E-state index < -0.39 is 0 Å². The molecule has 2 fully saturated rings. The first kappa shape index (κ1) is 17.4. The molecule has 3 N–H and O–H groups in total. The van der Waals surface area contributed by atoms with Crippen molar-refractivity contribution in [3.63, 3.8) is 0 Å². The highest BCUT2D eigenvalue weighted by Gasteiger charge is 2.50. The predicted octanol–water partition coefficient (Wildman–Crippen LogP) is 2.02. The zero-order valence-corrected chi connectivity index (χ0v) is 16.8. The number of anilines is 2. The maximum absolute atomic E-state index is 5.41. The molecule has 0 aliphatic carbocycles. The fourth-order valence-electron chi connectivity index (χ4n) is 3.86. The first-order chi connectivity index (χ1) is 13.3. The van der Waals surface area contributed by atoms with Gasteiger partial charge in [0.15, 0.2) is 11.5 Å². The monoisotopic (exact) mass is 382 g/mol. The van der Waals surface area contributed by atoms with E-state index in [-0.39, 0.29) is 5.54 Å². The Kier molecular flexibility index (Phi) is 3.67. The lowest BCUT2D eigenvalue weighted by Crippen LogP contribution is -2.66. The molecule has 28 heavy (non-hydrogen) atoms. The zero-order valence-electron chi connectivity index (χ0n) is 16.8. The van der Waals surface area contributed by atoms with Crippen LogP contribution in [0.2, 0.25) is 0 Å². The second-order valence-electron chi connectivity index (χ2n) is 9.20. The Morgan fingerprint density at radius 2 is 2.00 bits per heavy atom.